The van der Waals surface area contributed by atoms with Crippen molar-refractivity contribution >= 4 is 0 Å². The van der Waals surface area contributed by atoms with Gasteiger partial charge < -0.3 is 20.1 Å². The van der Waals surface area contributed by atoms with Gasteiger partial charge in [-0.2, -0.15) is 0 Å². The molecule has 0 aromatic carbocycles. The molecular formula is C9H22O4. The molecule has 0 aliphatic carbocycles. The summed E-state index contributed by atoms with van der Waals surface area (Å²) in [6, 6.07) is 0. The van der Waals surface area contributed by atoms with E-state index in [1.165, 1.54) is 0 Å². The Morgan fingerprint density at radius 3 is 1.54 bits per heavy atom. The van der Waals surface area contributed by atoms with Crippen LogP contribution in [0.15, 0.2) is 0 Å². The zero-order valence-corrected chi connectivity index (χ0v) is 8.57. The van der Waals surface area contributed by atoms with Crippen molar-refractivity contribution < 1.29 is 20.1 Å². The van der Waals surface area contributed by atoms with E-state index in [1.54, 1.807) is 0 Å². The molecule has 3 N–H and O–H groups in total. The van der Waals surface area contributed by atoms with Crippen LogP contribution in [0.4, 0.5) is 0 Å². The van der Waals surface area contributed by atoms with Gasteiger partial charge in [-0.25, -0.2) is 0 Å². The summed E-state index contributed by atoms with van der Waals surface area (Å²) in [7, 11) is 0. The summed E-state index contributed by atoms with van der Waals surface area (Å²) in [5.74, 6) is -0.139. The van der Waals surface area contributed by atoms with Crippen molar-refractivity contribution in [3.05, 3.63) is 0 Å². The van der Waals surface area contributed by atoms with Crippen molar-refractivity contribution in [1.82, 2.24) is 0 Å². The molecule has 0 aromatic rings. The summed E-state index contributed by atoms with van der Waals surface area (Å²) in [5.41, 5.74) is 0. The number of hydrogen-bond donors (Lipinski definition) is 3. The van der Waals surface area contributed by atoms with Crippen LogP contribution in [0, 0.1) is 5.92 Å². The van der Waals surface area contributed by atoms with E-state index in [9.17, 15) is 0 Å². The van der Waals surface area contributed by atoms with E-state index in [0.29, 0.717) is 6.42 Å². The maximum Gasteiger partial charge on any atom is 0.0482 e. The fraction of sp³-hybridized carbons (Fsp3) is 1.00. The Morgan fingerprint density at radius 2 is 1.46 bits per heavy atom. The molecular weight excluding hydrogens is 172 g/mol. The van der Waals surface area contributed by atoms with E-state index in [2.05, 4.69) is 0 Å². The third-order valence-corrected chi connectivity index (χ3v) is 1.46. The maximum absolute atomic E-state index is 8.39. The minimum absolute atomic E-state index is 0.0335. The highest BCUT2D eigenvalue weighted by molar-refractivity contribution is 4.52. The highest BCUT2D eigenvalue weighted by atomic mass is 16.5. The quantitative estimate of drug-likeness (QED) is 0.557. The molecule has 0 aromatic heterocycles. The molecule has 4 heteroatoms. The molecule has 4 nitrogen and oxygen atoms in total. The van der Waals surface area contributed by atoms with Crippen LogP contribution in [0.2, 0.25) is 0 Å². The standard InChI is InChI=1S/C5H12O3.C4H10O/c6-2-1-5(3-7)4-8;1-3-5-4-2/h5-8H,1-4H2;3-4H2,1-2H3. The molecule has 0 aliphatic heterocycles. The third-order valence-electron chi connectivity index (χ3n) is 1.46. The molecule has 0 rings (SSSR count). The zero-order valence-electron chi connectivity index (χ0n) is 8.57. The lowest BCUT2D eigenvalue weighted by Gasteiger charge is -2.06. The van der Waals surface area contributed by atoms with Gasteiger partial charge in [-0.05, 0) is 20.3 Å². The first kappa shape index (κ1) is 15.3. The predicted octanol–water partition coefficient (Wildman–Crippen LogP) is 0.0124. The Hall–Kier alpha value is -0.160. The largest absolute Gasteiger partial charge is 0.396 e. The van der Waals surface area contributed by atoms with Gasteiger partial charge in [0.2, 0.25) is 0 Å². The normalized spacial score (nSPS) is 9.69. The van der Waals surface area contributed by atoms with Gasteiger partial charge in [0.1, 0.15) is 0 Å². The Morgan fingerprint density at radius 1 is 1.00 bits per heavy atom. The average molecular weight is 194 g/mol. The van der Waals surface area contributed by atoms with Crippen molar-refractivity contribution in [3.63, 3.8) is 0 Å². The maximum atomic E-state index is 8.39. The summed E-state index contributed by atoms with van der Waals surface area (Å²) in [4.78, 5) is 0. The molecule has 0 aliphatic rings. The summed E-state index contributed by atoms with van der Waals surface area (Å²) in [6.07, 6.45) is 0.479. The molecule has 82 valence electrons. The first-order valence-corrected chi connectivity index (χ1v) is 4.66. The van der Waals surface area contributed by atoms with Gasteiger partial charge in [-0.15, -0.1) is 0 Å². The summed E-state index contributed by atoms with van der Waals surface area (Å²) in [5, 5.41) is 25.0. The molecule has 0 saturated carbocycles. The molecule has 0 atom stereocenters. The minimum atomic E-state index is -0.139. The second-order valence-electron chi connectivity index (χ2n) is 2.52. The highest BCUT2D eigenvalue weighted by Gasteiger charge is 2.02. The number of aliphatic hydroxyl groups excluding tert-OH is 3. The van der Waals surface area contributed by atoms with Crippen LogP contribution in [0.25, 0.3) is 0 Å². The van der Waals surface area contributed by atoms with Crippen LogP contribution in [-0.2, 0) is 4.74 Å². The molecule has 0 bridgehead atoms. The fourth-order valence-corrected chi connectivity index (χ4v) is 0.627. The van der Waals surface area contributed by atoms with Crippen LogP contribution in [0.3, 0.4) is 0 Å². The second-order valence-corrected chi connectivity index (χ2v) is 2.52. The molecule has 0 heterocycles. The molecule has 0 saturated heterocycles. The van der Waals surface area contributed by atoms with Crippen molar-refractivity contribution in [2.45, 2.75) is 20.3 Å². The second kappa shape index (κ2) is 14.4. The molecule has 0 unspecified atom stereocenters. The lowest BCUT2D eigenvalue weighted by Crippen LogP contribution is -2.12. The Bertz CT molecular complexity index is 72.0. The zero-order chi connectivity index (χ0) is 10.5. The Labute approximate surface area is 80.2 Å². The highest BCUT2D eigenvalue weighted by Crippen LogP contribution is 1.97. The van der Waals surface area contributed by atoms with Gasteiger partial charge in [-0.1, -0.05) is 0 Å². The first-order valence-electron chi connectivity index (χ1n) is 4.66. The van der Waals surface area contributed by atoms with Crippen molar-refractivity contribution in [2.24, 2.45) is 5.92 Å². The van der Waals surface area contributed by atoms with E-state index >= 15 is 0 Å². The monoisotopic (exact) mass is 194 g/mol. The molecule has 0 spiro atoms. The molecule has 0 radical (unpaired) electrons. The van der Waals surface area contributed by atoms with E-state index < -0.39 is 0 Å². The molecule has 0 fully saturated rings. The lowest BCUT2D eigenvalue weighted by atomic mass is 10.1. The first-order chi connectivity index (χ1) is 6.26. The minimum Gasteiger partial charge on any atom is -0.396 e. The van der Waals surface area contributed by atoms with Crippen LogP contribution in [0.5, 0.6) is 0 Å². The third kappa shape index (κ3) is 14.7. The van der Waals surface area contributed by atoms with Crippen LogP contribution in [-0.4, -0.2) is 48.4 Å². The molecule has 0 amide bonds. The summed E-state index contributed by atoms with van der Waals surface area (Å²) in [6.45, 7) is 5.61. The average Bonchev–Trinajstić information content (AvgIpc) is 2.16. The van der Waals surface area contributed by atoms with Gasteiger partial charge in [-0.3, -0.25) is 0 Å². The van der Waals surface area contributed by atoms with Crippen LogP contribution >= 0.6 is 0 Å². The van der Waals surface area contributed by atoms with Crippen molar-refractivity contribution in [1.29, 1.82) is 0 Å². The van der Waals surface area contributed by atoms with Gasteiger partial charge in [0.15, 0.2) is 0 Å². The Kier molecular flexibility index (Phi) is 16.9. The Balaban J connectivity index is 0. The van der Waals surface area contributed by atoms with E-state index in [-0.39, 0.29) is 25.7 Å². The number of hydrogen-bond acceptors (Lipinski definition) is 4. The predicted molar refractivity (Wildman–Crippen MR) is 51.5 cm³/mol. The van der Waals surface area contributed by atoms with Gasteiger partial charge in [0.05, 0.1) is 0 Å². The van der Waals surface area contributed by atoms with E-state index in [4.69, 9.17) is 20.1 Å². The van der Waals surface area contributed by atoms with Gasteiger partial charge in [0.25, 0.3) is 0 Å². The smallest absolute Gasteiger partial charge is 0.0482 e. The SMILES string of the molecule is CCOCC.OCCC(CO)CO. The van der Waals surface area contributed by atoms with Crippen molar-refractivity contribution in [2.75, 3.05) is 33.0 Å². The van der Waals surface area contributed by atoms with Gasteiger partial charge >= 0.3 is 0 Å². The number of aliphatic hydroxyl groups is 3. The van der Waals surface area contributed by atoms with Crippen molar-refractivity contribution in [3.8, 4) is 0 Å². The van der Waals surface area contributed by atoms with E-state index in [1.807, 2.05) is 13.8 Å². The number of ether oxygens (including phenoxy) is 1. The lowest BCUT2D eigenvalue weighted by molar-refractivity contribution is 0.124. The topological polar surface area (TPSA) is 69.9 Å². The van der Waals surface area contributed by atoms with Crippen LogP contribution < -0.4 is 0 Å². The summed E-state index contributed by atoms with van der Waals surface area (Å²) < 4.78 is 4.83. The number of rotatable bonds is 6. The summed E-state index contributed by atoms with van der Waals surface area (Å²) >= 11 is 0. The van der Waals surface area contributed by atoms with Gasteiger partial charge in [0, 0.05) is 39.0 Å². The van der Waals surface area contributed by atoms with Crippen LogP contribution in [0.1, 0.15) is 20.3 Å². The van der Waals surface area contributed by atoms with E-state index in [0.717, 1.165) is 13.2 Å². The fourth-order valence-electron chi connectivity index (χ4n) is 0.627. The molecule has 13 heavy (non-hydrogen) atoms.